The molecule has 0 radical (unpaired) electrons. The van der Waals surface area contributed by atoms with E-state index < -0.39 is 0 Å². The van der Waals surface area contributed by atoms with E-state index in [1.54, 1.807) is 6.07 Å². The molecule has 0 aliphatic carbocycles. The number of carbonyl (C=O) groups is 1. The summed E-state index contributed by atoms with van der Waals surface area (Å²) in [6.07, 6.45) is 3.08. The molecule has 1 aromatic carbocycles. The largest absolute Gasteiger partial charge is 0.338 e. The summed E-state index contributed by atoms with van der Waals surface area (Å²) in [6.45, 7) is 0.893. The van der Waals surface area contributed by atoms with Crippen LogP contribution < -0.4 is 10.6 Å². The van der Waals surface area contributed by atoms with Crippen LogP contribution in [0, 0.1) is 0 Å². The quantitative estimate of drug-likeness (QED) is 0.899. The van der Waals surface area contributed by atoms with Crippen LogP contribution in [0.5, 0.6) is 0 Å². The second-order valence-corrected chi connectivity index (χ2v) is 4.93. The Labute approximate surface area is 117 Å². The zero-order valence-corrected chi connectivity index (χ0v) is 11.1. The monoisotopic (exact) mass is 271 g/mol. The summed E-state index contributed by atoms with van der Waals surface area (Å²) in [7, 11) is 0. The number of nitrogens with one attached hydrogen (secondary N) is 2. The van der Waals surface area contributed by atoms with E-state index in [0.717, 1.165) is 37.1 Å². The maximum Gasteiger partial charge on any atom is 0.243 e. The lowest BCUT2D eigenvalue weighted by Gasteiger charge is -2.21. The van der Waals surface area contributed by atoms with Crippen molar-refractivity contribution in [2.24, 2.45) is 0 Å². The molecule has 0 unspecified atom stereocenters. The SMILES string of the molecule is O=C(Nc1cc(-c2ccccc2)no1)[C@@H]1CCCCN1. The van der Waals surface area contributed by atoms with Gasteiger partial charge in [-0.3, -0.25) is 10.1 Å². The molecular weight excluding hydrogens is 254 g/mol. The Hall–Kier alpha value is -2.14. The number of anilines is 1. The Morgan fingerprint density at radius 1 is 1.30 bits per heavy atom. The first-order valence-corrected chi connectivity index (χ1v) is 6.89. The molecule has 1 saturated heterocycles. The van der Waals surface area contributed by atoms with Crippen molar-refractivity contribution in [1.82, 2.24) is 10.5 Å². The molecule has 104 valence electrons. The third-order valence-corrected chi connectivity index (χ3v) is 3.45. The first-order chi connectivity index (χ1) is 9.83. The second-order valence-electron chi connectivity index (χ2n) is 4.93. The van der Waals surface area contributed by atoms with Gasteiger partial charge in [-0.25, -0.2) is 0 Å². The van der Waals surface area contributed by atoms with Crippen LogP contribution in [-0.4, -0.2) is 23.7 Å². The van der Waals surface area contributed by atoms with E-state index in [2.05, 4.69) is 15.8 Å². The standard InChI is InChI=1S/C15H17N3O2/c19-15(12-8-4-5-9-16-12)17-14-10-13(18-20-14)11-6-2-1-3-7-11/h1-3,6-7,10,12,16H,4-5,8-9H2,(H,17,19)/t12-/m0/s1. The van der Waals surface area contributed by atoms with Crippen molar-refractivity contribution in [3.63, 3.8) is 0 Å². The van der Waals surface area contributed by atoms with Crippen LogP contribution in [0.2, 0.25) is 0 Å². The Bertz CT molecular complexity index is 574. The summed E-state index contributed by atoms with van der Waals surface area (Å²) in [5.74, 6) is 0.335. The molecule has 2 heterocycles. The van der Waals surface area contributed by atoms with Crippen molar-refractivity contribution in [2.45, 2.75) is 25.3 Å². The van der Waals surface area contributed by atoms with Crippen LogP contribution in [0.1, 0.15) is 19.3 Å². The molecule has 1 amide bonds. The molecule has 2 aromatic rings. The smallest absolute Gasteiger partial charge is 0.243 e. The Morgan fingerprint density at radius 3 is 2.90 bits per heavy atom. The maximum absolute atomic E-state index is 12.1. The number of hydrogen-bond donors (Lipinski definition) is 2. The zero-order valence-electron chi connectivity index (χ0n) is 11.1. The minimum atomic E-state index is -0.131. The van der Waals surface area contributed by atoms with E-state index in [0.29, 0.717) is 5.88 Å². The highest BCUT2D eigenvalue weighted by atomic mass is 16.5. The fourth-order valence-corrected chi connectivity index (χ4v) is 2.36. The fraction of sp³-hybridized carbons (Fsp3) is 0.333. The van der Waals surface area contributed by atoms with Crippen molar-refractivity contribution in [1.29, 1.82) is 0 Å². The van der Waals surface area contributed by atoms with E-state index in [-0.39, 0.29) is 11.9 Å². The topological polar surface area (TPSA) is 67.2 Å². The van der Waals surface area contributed by atoms with Crippen molar-refractivity contribution in [3.05, 3.63) is 36.4 Å². The third kappa shape index (κ3) is 2.88. The van der Waals surface area contributed by atoms with E-state index in [1.807, 2.05) is 30.3 Å². The number of benzene rings is 1. The van der Waals surface area contributed by atoms with Gasteiger partial charge in [0.05, 0.1) is 6.04 Å². The van der Waals surface area contributed by atoms with Crippen LogP contribution in [0.4, 0.5) is 5.88 Å². The van der Waals surface area contributed by atoms with Crippen LogP contribution in [0.3, 0.4) is 0 Å². The molecule has 1 aliphatic heterocycles. The van der Waals surface area contributed by atoms with Gasteiger partial charge in [-0.1, -0.05) is 41.9 Å². The first kappa shape index (κ1) is 12.9. The number of nitrogens with zero attached hydrogens (tertiary/aromatic N) is 1. The summed E-state index contributed by atoms with van der Waals surface area (Å²) in [6, 6.07) is 11.3. The Kier molecular flexibility index (Phi) is 3.78. The number of aromatic nitrogens is 1. The normalized spacial score (nSPS) is 18.7. The second kappa shape index (κ2) is 5.88. The lowest BCUT2D eigenvalue weighted by molar-refractivity contribution is -0.118. The molecule has 1 aromatic heterocycles. The lowest BCUT2D eigenvalue weighted by Crippen LogP contribution is -2.43. The van der Waals surface area contributed by atoms with E-state index in [1.165, 1.54) is 0 Å². The lowest BCUT2D eigenvalue weighted by atomic mass is 10.0. The van der Waals surface area contributed by atoms with Gasteiger partial charge in [0.25, 0.3) is 0 Å². The van der Waals surface area contributed by atoms with Crippen molar-refractivity contribution < 1.29 is 9.32 Å². The number of carbonyl (C=O) groups excluding carboxylic acids is 1. The van der Waals surface area contributed by atoms with Gasteiger partial charge in [-0.2, -0.15) is 0 Å². The van der Waals surface area contributed by atoms with Gasteiger partial charge < -0.3 is 9.84 Å². The van der Waals surface area contributed by atoms with Gasteiger partial charge in [0.1, 0.15) is 5.69 Å². The van der Waals surface area contributed by atoms with Crippen LogP contribution in [-0.2, 0) is 4.79 Å². The Morgan fingerprint density at radius 2 is 2.15 bits per heavy atom. The molecule has 0 spiro atoms. The average Bonchev–Trinajstić information content (AvgIpc) is 2.97. The molecule has 0 saturated carbocycles. The average molecular weight is 271 g/mol. The molecule has 1 atom stereocenters. The highest BCUT2D eigenvalue weighted by Gasteiger charge is 2.21. The fourth-order valence-electron chi connectivity index (χ4n) is 2.36. The minimum Gasteiger partial charge on any atom is -0.338 e. The molecule has 5 nitrogen and oxygen atoms in total. The highest BCUT2D eigenvalue weighted by Crippen LogP contribution is 2.21. The minimum absolute atomic E-state index is 0.0551. The maximum atomic E-state index is 12.1. The van der Waals surface area contributed by atoms with Crippen molar-refractivity contribution >= 4 is 11.8 Å². The predicted molar refractivity (Wildman–Crippen MR) is 76.2 cm³/mol. The molecule has 0 bridgehead atoms. The van der Waals surface area contributed by atoms with Gasteiger partial charge in [0.2, 0.25) is 11.8 Å². The molecular formula is C15H17N3O2. The van der Waals surface area contributed by atoms with E-state index in [4.69, 9.17) is 4.52 Å². The molecule has 2 N–H and O–H groups in total. The number of amides is 1. The summed E-state index contributed by atoms with van der Waals surface area (Å²) >= 11 is 0. The Balaban J connectivity index is 1.66. The van der Waals surface area contributed by atoms with Gasteiger partial charge in [0, 0.05) is 11.6 Å². The highest BCUT2D eigenvalue weighted by molar-refractivity contribution is 5.94. The molecule has 3 rings (SSSR count). The van der Waals surface area contributed by atoms with Crippen LogP contribution in [0.25, 0.3) is 11.3 Å². The summed E-state index contributed by atoms with van der Waals surface area (Å²) in [4.78, 5) is 12.1. The molecule has 5 heteroatoms. The van der Waals surface area contributed by atoms with Gasteiger partial charge in [0.15, 0.2) is 0 Å². The first-order valence-electron chi connectivity index (χ1n) is 6.89. The van der Waals surface area contributed by atoms with Gasteiger partial charge in [-0.15, -0.1) is 0 Å². The van der Waals surface area contributed by atoms with Gasteiger partial charge in [-0.05, 0) is 19.4 Å². The zero-order chi connectivity index (χ0) is 13.8. The van der Waals surface area contributed by atoms with Crippen LogP contribution in [0.15, 0.2) is 40.9 Å². The summed E-state index contributed by atoms with van der Waals surface area (Å²) in [5, 5.41) is 9.95. The van der Waals surface area contributed by atoms with Crippen molar-refractivity contribution in [3.8, 4) is 11.3 Å². The molecule has 1 fully saturated rings. The van der Waals surface area contributed by atoms with Gasteiger partial charge >= 0.3 is 0 Å². The van der Waals surface area contributed by atoms with E-state index >= 15 is 0 Å². The number of rotatable bonds is 3. The summed E-state index contributed by atoms with van der Waals surface area (Å²) < 4.78 is 5.17. The third-order valence-electron chi connectivity index (χ3n) is 3.45. The number of hydrogen-bond acceptors (Lipinski definition) is 4. The number of piperidine rings is 1. The van der Waals surface area contributed by atoms with Crippen molar-refractivity contribution in [2.75, 3.05) is 11.9 Å². The molecule has 20 heavy (non-hydrogen) atoms. The summed E-state index contributed by atoms with van der Waals surface area (Å²) in [5.41, 5.74) is 1.69. The molecule has 1 aliphatic rings. The van der Waals surface area contributed by atoms with E-state index in [9.17, 15) is 4.79 Å². The van der Waals surface area contributed by atoms with Crippen LogP contribution >= 0.6 is 0 Å². The predicted octanol–water partition coefficient (Wildman–Crippen LogP) is 2.42.